The summed E-state index contributed by atoms with van der Waals surface area (Å²) in [7, 11) is 1.92. The quantitative estimate of drug-likeness (QED) is 0.591. The predicted octanol–water partition coefficient (Wildman–Crippen LogP) is 1.94. The van der Waals surface area contributed by atoms with E-state index >= 15 is 0 Å². The maximum Gasteiger partial charge on any atom is 0.152 e. The highest BCUT2D eigenvalue weighted by Crippen LogP contribution is 2.15. The topological polar surface area (TPSA) is 50.9 Å². The Labute approximate surface area is 89.0 Å². The molecule has 0 amide bonds. The van der Waals surface area contributed by atoms with Gasteiger partial charge in [0.05, 0.1) is 11.4 Å². The average molecular weight is 212 g/mol. The van der Waals surface area contributed by atoms with Crippen molar-refractivity contribution in [3.8, 4) is 0 Å². The molecule has 1 aromatic heterocycles. The number of nitrogens with zero attached hydrogens (tertiary/aromatic N) is 1. The summed E-state index contributed by atoms with van der Waals surface area (Å²) in [6.45, 7) is 0.958. The molecule has 0 saturated carbocycles. The molecule has 0 aliphatic carbocycles. The highest BCUT2D eigenvalue weighted by atomic mass is 35.5. The number of nitrogen functional groups attached to an aromatic ring is 1. The van der Waals surface area contributed by atoms with Crippen LogP contribution < -0.4 is 11.1 Å². The van der Waals surface area contributed by atoms with Crippen molar-refractivity contribution in [3.63, 3.8) is 0 Å². The first kappa shape index (κ1) is 11.0. The summed E-state index contributed by atoms with van der Waals surface area (Å²) in [5.41, 5.74) is 6.88. The number of aromatic nitrogens is 1. The van der Waals surface area contributed by atoms with Crippen LogP contribution in [0, 0.1) is 0 Å². The number of hydrogen-bond acceptors (Lipinski definition) is 3. The zero-order valence-corrected chi connectivity index (χ0v) is 8.88. The van der Waals surface area contributed by atoms with Gasteiger partial charge < -0.3 is 11.1 Å². The molecular formula is C10H14ClN3. The molecule has 0 saturated heterocycles. The highest BCUT2D eigenvalue weighted by molar-refractivity contribution is 6.31. The van der Waals surface area contributed by atoms with Gasteiger partial charge in [-0.3, -0.25) is 0 Å². The van der Waals surface area contributed by atoms with Crippen LogP contribution >= 0.6 is 11.6 Å². The van der Waals surface area contributed by atoms with Gasteiger partial charge in [0.1, 0.15) is 0 Å². The number of hydrogen-bond donors (Lipinski definition) is 2. The Balaban J connectivity index is 2.59. The van der Waals surface area contributed by atoms with E-state index in [1.807, 2.05) is 25.3 Å². The van der Waals surface area contributed by atoms with Crippen molar-refractivity contribution in [2.75, 3.05) is 19.3 Å². The zero-order chi connectivity index (χ0) is 10.4. The molecule has 0 fully saturated rings. The lowest BCUT2D eigenvalue weighted by Crippen LogP contribution is -2.05. The van der Waals surface area contributed by atoms with E-state index in [-0.39, 0.29) is 0 Å². The van der Waals surface area contributed by atoms with E-state index in [4.69, 9.17) is 17.3 Å². The van der Waals surface area contributed by atoms with Crippen LogP contribution in [0.4, 0.5) is 5.69 Å². The molecule has 14 heavy (non-hydrogen) atoms. The molecule has 1 aromatic rings. The molecule has 0 aliphatic rings. The van der Waals surface area contributed by atoms with Gasteiger partial charge in [-0.2, -0.15) is 0 Å². The second-order valence-corrected chi connectivity index (χ2v) is 3.27. The molecule has 3 N–H and O–H groups in total. The lowest BCUT2D eigenvalue weighted by molar-refractivity contribution is 0.809. The Morgan fingerprint density at radius 3 is 3.00 bits per heavy atom. The Hall–Kier alpha value is -1.06. The molecule has 3 nitrogen and oxygen atoms in total. The largest absolute Gasteiger partial charge is 0.396 e. The zero-order valence-electron chi connectivity index (χ0n) is 8.13. The van der Waals surface area contributed by atoms with E-state index in [0.29, 0.717) is 10.8 Å². The summed E-state index contributed by atoms with van der Waals surface area (Å²) in [6, 6.07) is 3.60. The fourth-order valence-corrected chi connectivity index (χ4v) is 1.14. The standard InChI is InChI=1S/C10H14ClN3/c1-13-7-3-2-4-8-5-6-9(12)10(11)14-8/h2,4-6,13H,3,7,12H2,1H3. The van der Waals surface area contributed by atoms with Gasteiger partial charge in [-0.1, -0.05) is 17.7 Å². The maximum atomic E-state index is 5.77. The first-order valence-electron chi connectivity index (χ1n) is 4.47. The van der Waals surface area contributed by atoms with Crippen molar-refractivity contribution in [2.45, 2.75) is 6.42 Å². The van der Waals surface area contributed by atoms with Gasteiger partial charge in [-0.05, 0) is 38.2 Å². The summed E-state index contributed by atoms with van der Waals surface area (Å²) in [5.74, 6) is 0. The van der Waals surface area contributed by atoms with E-state index in [0.717, 1.165) is 18.7 Å². The van der Waals surface area contributed by atoms with Crippen molar-refractivity contribution in [2.24, 2.45) is 0 Å². The number of nitrogens with one attached hydrogen (secondary N) is 1. The monoisotopic (exact) mass is 211 g/mol. The smallest absolute Gasteiger partial charge is 0.152 e. The summed E-state index contributed by atoms with van der Waals surface area (Å²) in [6.07, 6.45) is 4.95. The van der Waals surface area contributed by atoms with Crippen LogP contribution in [0.2, 0.25) is 5.15 Å². The summed E-state index contributed by atoms with van der Waals surface area (Å²) >= 11 is 5.77. The molecule has 4 heteroatoms. The number of halogens is 1. The minimum absolute atomic E-state index is 0.362. The first-order valence-corrected chi connectivity index (χ1v) is 4.85. The van der Waals surface area contributed by atoms with Crippen LogP contribution in [0.15, 0.2) is 18.2 Å². The van der Waals surface area contributed by atoms with Crippen LogP contribution in [0.3, 0.4) is 0 Å². The van der Waals surface area contributed by atoms with Crippen molar-refractivity contribution < 1.29 is 0 Å². The van der Waals surface area contributed by atoms with Gasteiger partial charge in [0.2, 0.25) is 0 Å². The maximum absolute atomic E-state index is 5.77. The molecule has 0 atom stereocenters. The van der Waals surface area contributed by atoms with Crippen LogP contribution in [-0.2, 0) is 0 Å². The van der Waals surface area contributed by atoms with E-state index < -0.39 is 0 Å². The van der Waals surface area contributed by atoms with Crippen LogP contribution in [0.5, 0.6) is 0 Å². The lowest BCUT2D eigenvalue weighted by atomic mass is 10.3. The Bertz CT molecular complexity index is 323. The molecule has 1 rings (SSSR count). The second kappa shape index (κ2) is 5.62. The molecular weight excluding hydrogens is 198 g/mol. The highest BCUT2D eigenvalue weighted by Gasteiger charge is 1.96. The number of pyridine rings is 1. The van der Waals surface area contributed by atoms with Gasteiger partial charge in [0.15, 0.2) is 5.15 Å². The normalized spacial score (nSPS) is 11.0. The van der Waals surface area contributed by atoms with Crippen LogP contribution in [0.1, 0.15) is 12.1 Å². The molecule has 76 valence electrons. The van der Waals surface area contributed by atoms with Gasteiger partial charge in [-0.15, -0.1) is 0 Å². The fourth-order valence-electron chi connectivity index (χ4n) is 0.984. The third-order valence-corrected chi connectivity index (χ3v) is 2.05. The van der Waals surface area contributed by atoms with Crippen molar-refractivity contribution in [1.82, 2.24) is 10.3 Å². The van der Waals surface area contributed by atoms with Crippen molar-refractivity contribution >= 4 is 23.4 Å². The summed E-state index contributed by atoms with van der Waals surface area (Å²) in [5, 5.41) is 3.42. The molecule has 0 aliphatic heterocycles. The third-order valence-electron chi connectivity index (χ3n) is 1.75. The number of anilines is 1. The molecule has 0 bridgehead atoms. The van der Waals surface area contributed by atoms with Crippen LogP contribution in [-0.4, -0.2) is 18.6 Å². The summed E-state index contributed by atoms with van der Waals surface area (Å²) < 4.78 is 0. The number of nitrogens with two attached hydrogens (primary N) is 1. The minimum Gasteiger partial charge on any atom is -0.396 e. The second-order valence-electron chi connectivity index (χ2n) is 2.91. The lowest BCUT2D eigenvalue weighted by Gasteiger charge is -1.98. The summed E-state index contributed by atoms with van der Waals surface area (Å²) in [4.78, 5) is 4.10. The Morgan fingerprint density at radius 2 is 2.36 bits per heavy atom. The van der Waals surface area contributed by atoms with Gasteiger partial charge >= 0.3 is 0 Å². The van der Waals surface area contributed by atoms with Crippen molar-refractivity contribution in [3.05, 3.63) is 29.1 Å². The van der Waals surface area contributed by atoms with Gasteiger partial charge in [0.25, 0.3) is 0 Å². The number of rotatable bonds is 4. The molecule has 0 radical (unpaired) electrons. The molecule has 0 aromatic carbocycles. The van der Waals surface area contributed by atoms with E-state index in [2.05, 4.69) is 10.3 Å². The predicted molar refractivity (Wildman–Crippen MR) is 61.2 cm³/mol. The van der Waals surface area contributed by atoms with E-state index in [9.17, 15) is 0 Å². The Morgan fingerprint density at radius 1 is 1.57 bits per heavy atom. The van der Waals surface area contributed by atoms with E-state index in [1.165, 1.54) is 0 Å². The SMILES string of the molecule is CNCCC=Cc1ccc(N)c(Cl)n1. The van der Waals surface area contributed by atoms with Crippen molar-refractivity contribution in [1.29, 1.82) is 0 Å². The Kier molecular flexibility index (Phi) is 4.43. The molecule has 0 unspecified atom stereocenters. The third kappa shape index (κ3) is 3.36. The fraction of sp³-hybridized carbons (Fsp3) is 0.300. The first-order chi connectivity index (χ1) is 6.74. The van der Waals surface area contributed by atoms with Gasteiger partial charge in [0, 0.05) is 0 Å². The molecule has 0 spiro atoms. The minimum atomic E-state index is 0.362. The molecule has 1 heterocycles. The average Bonchev–Trinajstić information content (AvgIpc) is 2.18. The van der Waals surface area contributed by atoms with E-state index in [1.54, 1.807) is 6.07 Å². The van der Waals surface area contributed by atoms with Gasteiger partial charge in [-0.25, -0.2) is 4.98 Å². The van der Waals surface area contributed by atoms with Crippen LogP contribution in [0.25, 0.3) is 6.08 Å².